The van der Waals surface area contributed by atoms with Crippen LogP contribution >= 0.6 is 11.8 Å². The summed E-state index contributed by atoms with van der Waals surface area (Å²) in [5.74, 6) is 0.394. The predicted molar refractivity (Wildman–Crippen MR) is 109 cm³/mol. The number of amides is 2. The first-order valence-electron chi connectivity index (χ1n) is 8.78. The van der Waals surface area contributed by atoms with E-state index in [0.29, 0.717) is 29.2 Å². The van der Waals surface area contributed by atoms with Gasteiger partial charge in [-0.25, -0.2) is 4.68 Å². The number of fused-ring (bicyclic) bond motifs is 2. The molecule has 7 heteroatoms. The van der Waals surface area contributed by atoms with E-state index >= 15 is 0 Å². The molecule has 1 aromatic heterocycles. The van der Waals surface area contributed by atoms with Crippen LogP contribution in [0.1, 0.15) is 23.0 Å². The molecule has 0 spiro atoms. The minimum absolute atomic E-state index is 0.00983. The molecule has 2 aromatic carbocycles. The average Bonchev–Trinajstić information content (AvgIpc) is 2.99. The van der Waals surface area contributed by atoms with Gasteiger partial charge in [-0.15, -0.1) is 0 Å². The van der Waals surface area contributed by atoms with E-state index in [1.165, 1.54) is 11.8 Å². The number of carbonyl (C=O) groups excluding carboxylic acids is 2. The van der Waals surface area contributed by atoms with Crippen molar-refractivity contribution in [1.29, 1.82) is 0 Å². The van der Waals surface area contributed by atoms with Crippen molar-refractivity contribution in [2.24, 2.45) is 0 Å². The number of hydrogen-bond acceptors (Lipinski definition) is 4. The van der Waals surface area contributed by atoms with Crippen molar-refractivity contribution in [2.75, 3.05) is 17.3 Å². The standard InChI is InChI=1S/C20H20N4O2S/c1-12-10-15-18(20(26)21-12)19(22-17(25)11-27-2)24(23-15)16-9-5-7-13-6-3-4-8-14(13)16/h3-9,12H,10-11H2,1-2H3,(H,21,26)(H,22,25). The lowest BCUT2D eigenvalue weighted by atomic mass is 10.0. The number of hydrogen-bond donors (Lipinski definition) is 2. The summed E-state index contributed by atoms with van der Waals surface area (Å²) in [4.78, 5) is 25.0. The highest BCUT2D eigenvalue weighted by atomic mass is 32.2. The van der Waals surface area contributed by atoms with E-state index in [0.717, 1.165) is 16.5 Å². The molecule has 2 amide bonds. The molecule has 1 unspecified atom stereocenters. The molecule has 3 aromatic rings. The van der Waals surface area contributed by atoms with Crippen LogP contribution in [0.15, 0.2) is 42.5 Å². The first kappa shape index (κ1) is 17.6. The van der Waals surface area contributed by atoms with Gasteiger partial charge in [0.25, 0.3) is 5.91 Å². The monoisotopic (exact) mass is 380 g/mol. The van der Waals surface area contributed by atoms with Gasteiger partial charge in [-0.3, -0.25) is 9.59 Å². The van der Waals surface area contributed by atoms with Crippen LogP contribution in [0.3, 0.4) is 0 Å². The maximum absolute atomic E-state index is 12.6. The molecule has 138 valence electrons. The molecular weight excluding hydrogens is 360 g/mol. The van der Waals surface area contributed by atoms with E-state index in [2.05, 4.69) is 10.6 Å². The van der Waals surface area contributed by atoms with Crippen molar-refractivity contribution >= 4 is 40.2 Å². The van der Waals surface area contributed by atoms with Crippen LogP contribution in [0.4, 0.5) is 5.82 Å². The summed E-state index contributed by atoms with van der Waals surface area (Å²) in [5, 5.41) is 12.6. The third-order valence-corrected chi connectivity index (χ3v) is 5.14. The second kappa shape index (κ2) is 7.08. The zero-order chi connectivity index (χ0) is 19.0. The van der Waals surface area contributed by atoms with Crippen LogP contribution in [-0.2, 0) is 11.2 Å². The van der Waals surface area contributed by atoms with Gasteiger partial charge in [0.1, 0.15) is 11.4 Å². The first-order valence-corrected chi connectivity index (χ1v) is 10.2. The average molecular weight is 380 g/mol. The quantitative estimate of drug-likeness (QED) is 0.730. The van der Waals surface area contributed by atoms with Gasteiger partial charge in [0.15, 0.2) is 0 Å². The largest absolute Gasteiger partial charge is 0.349 e. The summed E-state index contributed by atoms with van der Waals surface area (Å²) in [6.45, 7) is 1.95. The molecular formula is C20H20N4O2S. The number of rotatable bonds is 4. The van der Waals surface area contributed by atoms with E-state index in [9.17, 15) is 9.59 Å². The van der Waals surface area contributed by atoms with Crippen molar-refractivity contribution in [3.8, 4) is 5.69 Å². The molecule has 0 saturated heterocycles. The Kier molecular flexibility index (Phi) is 4.61. The lowest BCUT2D eigenvalue weighted by Crippen LogP contribution is -2.39. The van der Waals surface area contributed by atoms with Crippen LogP contribution in [0.2, 0.25) is 0 Å². The van der Waals surface area contributed by atoms with Crippen molar-refractivity contribution in [3.63, 3.8) is 0 Å². The van der Waals surface area contributed by atoms with E-state index < -0.39 is 0 Å². The molecule has 1 aliphatic rings. The molecule has 1 aliphatic heterocycles. The van der Waals surface area contributed by atoms with Crippen LogP contribution in [0.5, 0.6) is 0 Å². The Morgan fingerprint density at radius 2 is 2.07 bits per heavy atom. The van der Waals surface area contributed by atoms with Gasteiger partial charge in [0, 0.05) is 17.8 Å². The molecule has 2 N–H and O–H groups in total. The number of nitrogens with zero attached hydrogens (tertiary/aromatic N) is 2. The summed E-state index contributed by atoms with van der Waals surface area (Å²) < 4.78 is 1.70. The first-order chi connectivity index (χ1) is 13.1. The summed E-state index contributed by atoms with van der Waals surface area (Å²) in [5.41, 5.74) is 2.00. The van der Waals surface area contributed by atoms with Crippen molar-refractivity contribution in [3.05, 3.63) is 53.7 Å². The second-order valence-electron chi connectivity index (χ2n) is 6.64. The second-order valence-corrected chi connectivity index (χ2v) is 7.51. The van der Waals surface area contributed by atoms with Gasteiger partial charge in [-0.2, -0.15) is 16.9 Å². The zero-order valence-corrected chi connectivity index (χ0v) is 16.0. The minimum Gasteiger partial charge on any atom is -0.349 e. The molecule has 6 nitrogen and oxygen atoms in total. The topological polar surface area (TPSA) is 76.0 Å². The molecule has 0 saturated carbocycles. The highest BCUT2D eigenvalue weighted by molar-refractivity contribution is 7.99. The van der Waals surface area contributed by atoms with Gasteiger partial charge in [0.05, 0.1) is 17.1 Å². The highest BCUT2D eigenvalue weighted by Crippen LogP contribution is 2.31. The molecule has 0 radical (unpaired) electrons. The number of thioether (sulfide) groups is 1. The van der Waals surface area contributed by atoms with Crippen molar-refractivity contribution in [2.45, 2.75) is 19.4 Å². The minimum atomic E-state index is -0.199. The van der Waals surface area contributed by atoms with Crippen molar-refractivity contribution in [1.82, 2.24) is 15.1 Å². The lowest BCUT2D eigenvalue weighted by Gasteiger charge is -2.19. The predicted octanol–water partition coefficient (Wildman–Crippen LogP) is 3.00. The van der Waals surface area contributed by atoms with Gasteiger partial charge < -0.3 is 10.6 Å². The number of aromatic nitrogens is 2. The maximum Gasteiger partial charge on any atom is 0.257 e. The van der Waals surface area contributed by atoms with E-state index in [1.807, 2.05) is 55.6 Å². The SMILES string of the molecule is CSCC(=O)Nc1c2c(nn1-c1cccc3ccccc13)CC(C)NC2=O. The van der Waals surface area contributed by atoms with Gasteiger partial charge in [-0.1, -0.05) is 36.4 Å². The van der Waals surface area contributed by atoms with Gasteiger partial charge >= 0.3 is 0 Å². The number of anilines is 1. The molecule has 0 fully saturated rings. The third-order valence-electron chi connectivity index (χ3n) is 4.59. The highest BCUT2D eigenvalue weighted by Gasteiger charge is 2.31. The smallest absolute Gasteiger partial charge is 0.257 e. The van der Waals surface area contributed by atoms with E-state index in [-0.39, 0.29) is 17.9 Å². The fourth-order valence-electron chi connectivity index (χ4n) is 3.46. The van der Waals surface area contributed by atoms with Crippen LogP contribution in [0.25, 0.3) is 16.5 Å². The molecule has 0 aliphatic carbocycles. The molecule has 2 heterocycles. The van der Waals surface area contributed by atoms with Gasteiger partial charge in [-0.05, 0) is 24.6 Å². The summed E-state index contributed by atoms with van der Waals surface area (Å²) in [6, 6.07) is 13.9. The Labute approximate surface area is 161 Å². The van der Waals surface area contributed by atoms with Crippen LogP contribution < -0.4 is 10.6 Å². The Morgan fingerprint density at radius 1 is 1.30 bits per heavy atom. The molecule has 4 rings (SSSR count). The normalized spacial score (nSPS) is 16.1. The Balaban J connectivity index is 1.93. The number of carbonyl (C=O) groups is 2. The zero-order valence-electron chi connectivity index (χ0n) is 15.2. The third kappa shape index (κ3) is 3.19. The molecule has 27 heavy (non-hydrogen) atoms. The van der Waals surface area contributed by atoms with Gasteiger partial charge in [0.2, 0.25) is 5.91 Å². The maximum atomic E-state index is 12.6. The fourth-order valence-corrected chi connectivity index (χ4v) is 3.80. The Morgan fingerprint density at radius 3 is 2.89 bits per heavy atom. The van der Waals surface area contributed by atoms with E-state index in [4.69, 9.17) is 5.10 Å². The van der Waals surface area contributed by atoms with Crippen molar-refractivity contribution < 1.29 is 9.59 Å². The van der Waals surface area contributed by atoms with Crippen LogP contribution in [-0.4, -0.2) is 39.6 Å². The van der Waals surface area contributed by atoms with E-state index in [1.54, 1.807) is 4.68 Å². The number of nitrogens with one attached hydrogen (secondary N) is 2. The Hall–Kier alpha value is -2.80. The van der Waals surface area contributed by atoms with Crippen LogP contribution in [0, 0.1) is 0 Å². The summed E-state index contributed by atoms with van der Waals surface area (Å²) >= 11 is 1.43. The Bertz CT molecular complexity index is 1040. The summed E-state index contributed by atoms with van der Waals surface area (Å²) in [7, 11) is 0. The lowest BCUT2D eigenvalue weighted by molar-refractivity contribution is -0.113. The summed E-state index contributed by atoms with van der Waals surface area (Å²) in [6.07, 6.45) is 2.50. The molecule has 0 bridgehead atoms. The number of benzene rings is 2. The molecule has 1 atom stereocenters. The fraction of sp³-hybridized carbons (Fsp3) is 0.250.